The fraction of sp³-hybridized carbons (Fsp3) is 0.455. The Morgan fingerprint density at radius 2 is 1.44 bits per heavy atom. The van der Waals surface area contributed by atoms with Crippen molar-refractivity contribution in [2.45, 2.75) is 53.2 Å². The quantitative estimate of drug-likeness (QED) is 0.407. The number of rotatable bonds is 4. The summed E-state index contributed by atoms with van der Waals surface area (Å²) < 4.78 is 19.9. The molecule has 0 heterocycles. The van der Waals surface area contributed by atoms with Crippen molar-refractivity contribution in [2.24, 2.45) is 5.73 Å². The van der Waals surface area contributed by atoms with Gasteiger partial charge in [0.25, 0.3) is 0 Å². The number of halogens is 2. The topological polar surface area (TPSA) is 35.2 Å². The molecule has 0 saturated carbocycles. The van der Waals surface area contributed by atoms with Crippen LogP contribution in [0.2, 0.25) is 14.6 Å². The third kappa shape index (κ3) is 15.1. The molecule has 0 saturated heterocycles. The van der Waals surface area contributed by atoms with Gasteiger partial charge in [0, 0.05) is 6.54 Å². The predicted molar refractivity (Wildman–Crippen MR) is 125 cm³/mol. The van der Waals surface area contributed by atoms with Gasteiger partial charge < -0.3 is 10.5 Å². The first-order valence-corrected chi connectivity index (χ1v) is 19.6. The van der Waals surface area contributed by atoms with Gasteiger partial charge in [0.2, 0.25) is 0 Å². The number of methoxy groups -OCH3 is 1. The van der Waals surface area contributed by atoms with Gasteiger partial charge in [0.1, 0.15) is 5.75 Å². The Kier molecular flexibility index (Phi) is 17.4. The van der Waals surface area contributed by atoms with E-state index >= 15 is 0 Å². The summed E-state index contributed by atoms with van der Waals surface area (Å²) in [5.74, 6) is 0.732. The minimum atomic E-state index is -1.72. The van der Waals surface area contributed by atoms with Crippen LogP contribution in [0.1, 0.15) is 38.8 Å². The van der Waals surface area contributed by atoms with E-state index in [1.54, 1.807) is 13.2 Å². The first-order valence-electron chi connectivity index (χ1n) is 9.32. The molecule has 5 heteroatoms. The molecule has 2 N–H and O–H groups in total. The number of ether oxygens (including phenoxy) is 1. The molecular weight excluding hydrogens is 515 g/mol. The van der Waals surface area contributed by atoms with Crippen LogP contribution in [-0.2, 0) is 10.9 Å². The molecule has 0 bridgehead atoms. The van der Waals surface area contributed by atoms with Crippen molar-refractivity contribution in [1.82, 2.24) is 0 Å². The molecule has 155 valence electrons. The molecular formula is C22H37BrFNOSb. The molecule has 0 spiro atoms. The predicted octanol–water partition coefficient (Wildman–Crippen LogP) is 7.21. The van der Waals surface area contributed by atoms with Crippen LogP contribution >= 0.6 is 15.9 Å². The molecule has 0 unspecified atom stereocenters. The van der Waals surface area contributed by atoms with Crippen molar-refractivity contribution < 1.29 is 9.13 Å². The zero-order chi connectivity index (χ0) is 21.5. The summed E-state index contributed by atoms with van der Waals surface area (Å²) in [5.41, 5.74) is 7.66. The zero-order valence-electron chi connectivity index (χ0n) is 18.1. The van der Waals surface area contributed by atoms with E-state index in [-0.39, 0.29) is 5.82 Å². The first kappa shape index (κ1) is 28.6. The Bertz CT molecular complexity index is 569. The third-order valence-electron chi connectivity index (χ3n) is 2.97. The number of benzene rings is 2. The average molecular weight is 552 g/mol. The van der Waals surface area contributed by atoms with Gasteiger partial charge in [0.05, 0.1) is 7.11 Å². The van der Waals surface area contributed by atoms with Crippen LogP contribution in [-0.4, -0.2) is 25.9 Å². The second-order valence-corrected chi connectivity index (χ2v) is 21.2. The summed E-state index contributed by atoms with van der Waals surface area (Å²) in [6, 6.07) is 12.9. The van der Waals surface area contributed by atoms with Crippen LogP contribution in [0.25, 0.3) is 0 Å². The summed E-state index contributed by atoms with van der Waals surface area (Å²) in [6.45, 7) is 8.59. The molecule has 2 rings (SSSR count). The van der Waals surface area contributed by atoms with Crippen molar-refractivity contribution in [3.8, 4) is 5.75 Å². The molecule has 27 heavy (non-hydrogen) atoms. The van der Waals surface area contributed by atoms with Gasteiger partial charge in [-0.25, -0.2) is 0 Å². The van der Waals surface area contributed by atoms with Gasteiger partial charge in [-0.1, -0.05) is 39.8 Å². The van der Waals surface area contributed by atoms with Gasteiger partial charge in [-0.15, -0.1) is 0 Å². The summed E-state index contributed by atoms with van der Waals surface area (Å²) in [6.07, 6.45) is 0. The van der Waals surface area contributed by atoms with E-state index in [1.165, 1.54) is 6.07 Å². The molecule has 0 aliphatic rings. The van der Waals surface area contributed by atoms with Gasteiger partial charge in [0.15, 0.2) is 0 Å². The molecule has 2 nitrogen and oxygen atoms in total. The maximum absolute atomic E-state index is 13.0. The van der Waals surface area contributed by atoms with Crippen molar-refractivity contribution in [3.05, 3.63) is 63.9 Å². The second kappa shape index (κ2) is 16.4. The molecule has 2 aromatic carbocycles. The van der Waals surface area contributed by atoms with E-state index in [0.717, 1.165) is 25.7 Å². The van der Waals surface area contributed by atoms with E-state index in [4.69, 9.17) is 10.5 Å². The molecule has 0 atom stereocenters. The molecule has 0 aromatic heterocycles. The first-order chi connectivity index (χ1) is 12.7. The fourth-order valence-corrected chi connectivity index (χ4v) is 6.17. The van der Waals surface area contributed by atoms with E-state index < -0.39 is 18.8 Å². The molecule has 0 amide bonds. The molecule has 0 fully saturated rings. The van der Waals surface area contributed by atoms with Crippen molar-refractivity contribution >= 4 is 34.7 Å². The Labute approximate surface area is 178 Å². The van der Waals surface area contributed by atoms with Crippen LogP contribution in [0.15, 0.2) is 46.9 Å². The van der Waals surface area contributed by atoms with Crippen LogP contribution in [0.3, 0.4) is 0 Å². The molecule has 1 radical (unpaired) electrons. The summed E-state index contributed by atoms with van der Waals surface area (Å²) in [4.78, 5) is 7.03. The summed E-state index contributed by atoms with van der Waals surface area (Å²) in [7, 11) is 1.65. The Morgan fingerprint density at radius 3 is 1.81 bits per heavy atom. The standard InChI is InChI=1S/C8H11NO.C7H5BrF.2C2H6.3CH3.Sb/c1-10-8-4-2-7(6-9)3-5-8;1-5-2-6(8)4-7(9)3-5;2*1-2;;;;/h2-5H,6,9H2,1H3;2-4H,1H2;2*1-2H3;3*1H3;. The molecule has 0 aliphatic carbocycles. The Balaban J connectivity index is 0. The summed E-state index contributed by atoms with van der Waals surface area (Å²) in [5, 5.41) is 0. The van der Waals surface area contributed by atoms with Gasteiger partial charge in [-0.2, -0.15) is 0 Å². The van der Waals surface area contributed by atoms with Crippen molar-refractivity contribution in [1.29, 1.82) is 0 Å². The minimum absolute atomic E-state index is 0.141. The second-order valence-electron chi connectivity index (χ2n) is 6.28. The van der Waals surface area contributed by atoms with Crippen LogP contribution in [0.4, 0.5) is 4.39 Å². The van der Waals surface area contributed by atoms with Gasteiger partial charge >= 0.3 is 92.2 Å². The van der Waals surface area contributed by atoms with E-state index in [2.05, 4.69) is 30.5 Å². The van der Waals surface area contributed by atoms with E-state index in [0.29, 0.717) is 6.54 Å². The van der Waals surface area contributed by atoms with Crippen molar-refractivity contribution in [3.63, 3.8) is 0 Å². The Hall–Kier alpha value is -0.572. The fourth-order valence-electron chi connectivity index (χ4n) is 2.01. The maximum atomic E-state index is 13.0. The van der Waals surface area contributed by atoms with Crippen molar-refractivity contribution in [2.75, 3.05) is 7.11 Å². The SMILES string of the molecule is CC.CC.COc1ccc(CN)cc1.[CH3][Sb]([CH3])([CH3])[CH2]c1cc(F)cc(Br)c1. The number of hydrogen-bond donors (Lipinski definition) is 1. The van der Waals surface area contributed by atoms with Crippen LogP contribution in [0, 0.1) is 5.82 Å². The van der Waals surface area contributed by atoms with Crippen LogP contribution in [0.5, 0.6) is 5.75 Å². The van der Waals surface area contributed by atoms with E-state index in [1.807, 2.05) is 58.0 Å². The Morgan fingerprint density at radius 1 is 0.926 bits per heavy atom. The molecule has 0 aliphatic heterocycles. The average Bonchev–Trinajstić information content (AvgIpc) is 2.63. The number of nitrogens with two attached hydrogens (primary N) is 1. The molecule has 2 aromatic rings. The zero-order valence-corrected chi connectivity index (χ0v) is 22.3. The van der Waals surface area contributed by atoms with Gasteiger partial charge in [-0.05, 0) is 17.7 Å². The van der Waals surface area contributed by atoms with Gasteiger partial charge in [-0.3, -0.25) is 0 Å². The number of hydrogen-bond acceptors (Lipinski definition) is 2. The third-order valence-corrected chi connectivity index (χ3v) is 7.18. The summed E-state index contributed by atoms with van der Waals surface area (Å²) >= 11 is 1.58. The van der Waals surface area contributed by atoms with E-state index in [9.17, 15) is 4.39 Å². The monoisotopic (exact) mass is 550 g/mol. The van der Waals surface area contributed by atoms with Crippen LogP contribution < -0.4 is 10.5 Å². The normalized spacial score (nSPS) is 9.59.